The van der Waals surface area contributed by atoms with E-state index in [0.717, 1.165) is 43.8 Å². The maximum Gasteiger partial charge on any atom is 0.222 e. The summed E-state index contributed by atoms with van der Waals surface area (Å²) in [7, 11) is 2.06. The maximum atomic E-state index is 11.5. The molecule has 0 bridgehead atoms. The molecule has 2 aliphatic heterocycles. The van der Waals surface area contributed by atoms with Crippen molar-refractivity contribution in [2.45, 2.75) is 25.7 Å². The summed E-state index contributed by atoms with van der Waals surface area (Å²) in [5, 5.41) is 12.5. The van der Waals surface area contributed by atoms with Crippen molar-refractivity contribution < 1.29 is 10.0 Å². The molecule has 5 heteroatoms. The molecule has 18 heavy (non-hydrogen) atoms. The van der Waals surface area contributed by atoms with Crippen molar-refractivity contribution in [3.8, 4) is 0 Å². The van der Waals surface area contributed by atoms with E-state index < -0.39 is 0 Å². The van der Waals surface area contributed by atoms with Crippen LogP contribution in [0, 0.1) is 0 Å². The predicted octanol–water partition coefficient (Wildman–Crippen LogP) is 1.09. The van der Waals surface area contributed by atoms with Crippen LogP contribution in [0.25, 0.3) is 0 Å². The Morgan fingerprint density at radius 1 is 1.50 bits per heavy atom. The van der Waals surface area contributed by atoms with Gasteiger partial charge in [0.15, 0.2) is 0 Å². The minimum Gasteiger partial charge on any atom is -0.411 e. The zero-order valence-corrected chi connectivity index (χ0v) is 10.9. The molecule has 1 fully saturated rings. The standard InChI is InChI=1S/C13H21N3O2/c1-15-7-2-4-11(10-15)12(14-18)6-9-16-8-3-5-13(16)17/h4,18H,2-3,5-10H2,1H3/b14-12-. The normalized spacial score (nSPS) is 22.5. The van der Waals surface area contributed by atoms with Gasteiger partial charge in [0.05, 0.1) is 5.71 Å². The van der Waals surface area contributed by atoms with Crippen LogP contribution < -0.4 is 0 Å². The second kappa shape index (κ2) is 6.00. The average Bonchev–Trinajstić information content (AvgIpc) is 2.76. The van der Waals surface area contributed by atoms with Gasteiger partial charge in [-0.25, -0.2) is 0 Å². The second-order valence-electron chi connectivity index (χ2n) is 5.04. The minimum absolute atomic E-state index is 0.224. The molecule has 0 spiro atoms. The Balaban J connectivity index is 1.90. The molecule has 0 aliphatic carbocycles. The summed E-state index contributed by atoms with van der Waals surface area (Å²) >= 11 is 0. The van der Waals surface area contributed by atoms with Crippen LogP contribution in [-0.2, 0) is 4.79 Å². The number of carbonyl (C=O) groups excluding carboxylic acids is 1. The number of oxime groups is 1. The van der Waals surface area contributed by atoms with E-state index in [9.17, 15) is 4.79 Å². The summed E-state index contributed by atoms with van der Waals surface area (Å²) in [6.45, 7) is 3.38. The van der Waals surface area contributed by atoms with E-state index in [2.05, 4.69) is 23.2 Å². The van der Waals surface area contributed by atoms with Crippen molar-refractivity contribution in [2.75, 3.05) is 33.2 Å². The molecule has 5 nitrogen and oxygen atoms in total. The van der Waals surface area contributed by atoms with E-state index in [1.165, 1.54) is 0 Å². The molecule has 0 radical (unpaired) electrons. The second-order valence-corrected chi connectivity index (χ2v) is 5.04. The highest BCUT2D eigenvalue weighted by Crippen LogP contribution is 2.14. The SMILES string of the molecule is CN1CCC=C(/C(CCN2CCCC2=O)=N\O)C1. The molecule has 2 heterocycles. The largest absolute Gasteiger partial charge is 0.411 e. The fourth-order valence-electron chi connectivity index (χ4n) is 2.56. The van der Waals surface area contributed by atoms with Gasteiger partial charge in [-0.15, -0.1) is 0 Å². The molecule has 0 aromatic carbocycles. The average molecular weight is 251 g/mol. The van der Waals surface area contributed by atoms with Gasteiger partial charge < -0.3 is 15.0 Å². The predicted molar refractivity (Wildman–Crippen MR) is 69.8 cm³/mol. The maximum absolute atomic E-state index is 11.5. The Morgan fingerprint density at radius 3 is 2.94 bits per heavy atom. The number of amides is 1. The lowest BCUT2D eigenvalue weighted by atomic mass is 10.0. The highest BCUT2D eigenvalue weighted by atomic mass is 16.4. The first-order valence-corrected chi connectivity index (χ1v) is 6.57. The van der Waals surface area contributed by atoms with Gasteiger partial charge in [0, 0.05) is 39.0 Å². The van der Waals surface area contributed by atoms with Crippen molar-refractivity contribution >= 4 is 11.6 Å². The van der Waals surface area contributed by atoms with Gasteiger partial charge in [0.2, 0.25) is 5.91 Å². The van der Waals surface area contributed by atoms with Gasteiger partial charge >= 0.3 is 0 Å². The summed E-state index contributed by atoms with van der Waals surface area (Å²) in [6, 6.07) is 0. The van der Waals surface area contributed by atoms with Gasteiger partial charge in [-0.1, -0.05) is 11.2 Å². The van der Waals surface area contributed by atoms with E-state index in [0.29, 0.717) is 19.4 Å². The van der Waals surface area contributed by atoms with E-state index in [-0.39, 0.29) is 5.91 Å². The highest BCUT2D eigenvalue weighted by Gasteiger charge is 2.21. The zero-order valence-electron chi connectivity index (χ0n) is 10.9. The summed E-state index contributed by atoms with van der Waals surface area (Å²) < 4.78 is 0. The number of hydrogen-bond acceptors (Lipinski definition) is 4. The Bertz CT molecular complexity index is 376. The molecule has 2 aliphatic rings. The van der Waals surface area contributed by atoms with Gasteiger partial charge in [-0.3, -0.25) is 4.79 Å². The molecule has 0 aromatic rings. The third kappa shape index (κ3) is 3.10. The molecule has 0 unspecified atom stereocenters. The molecule has 1 N–H and O–H groups in total. The summed E-state index contributed by atoms with van der Waals surface area (Å²) in [5.41, 5.74) is 1.82. The molecule has 0 atom stereocenters. The Kier molecular flexibility index (Phi) is 4.36. The highest BCUT2D eigenvalue weighted by molar-refractivity contribution is 6.00. The summed E-state index contributed by atoms with van der Waals surface area (Å²) in [4.78, 5) is 15.6. The van der Waals surface area contributed by atoms with Crippen molar-refractivity contribution in [1.29, 1.82) is 0 Å². The van der Waals surface area contributed by atoms with Crippen molar-refractivity contribution in [3.63, 3.8) is 0 Å². The minimum atomic E-state index is 0.224. The lowest BCUT2D eigenvalue weighted by Gasteiger charge is -2.24. The van der Waals surface area contributed by atoms with Gasteiger partial charge in [-0.2, -0.15) is 0 Å². The molecule has 1 amide bonds. The van der Waals surface area contributed by atoms with E-state index in [1.54, 1.807) is 0 Å². The van der Waals surface area contributed by atoms with Gasteiger partial charge in [-0.05, 0) is 25.5 Å². The van der Waals surface area contributed by atoms with Crippen molar-refractivity contribution in [2.24, 2.45) is 5.16 Å². The van der Waals surface area contributed by atoms with E-state index >= 15 is 0 Å². The third-order valence-corrected chi connectivity index (χ3v) is 3.62. The molecular formula is C13H21N3O2. The lowest BCUT2D eigenvalue weighted by Crippen LogP contribution is -2.31. The first-order chi connectivity index (χ1) is 8.70. The molecule has 2 rings (SSSR count). The number of rotatable bonds is 4. The van der Waals surface area contributed by atoms with Crippen LogP contribution in [0.1, 0.15) is 25.7 Å². The number of likely N-dealkylation sites (tertiary alicyclic amines) is 1. The molecule has 1 saturated heterocycles. The number of carbonyl (C=O) groups is 1. The number of likely N-dealkylation sites (N-methyl/N-ethyl adjacent to an activating group) is 1. The smallest absolute Gasteiger partial charge is 0.222 e. The molecule has 0 aromatic heterocycles. The Labute approximate surface area is 108 Å². The first-order valence-electron chi connectivity index (χ1n) is 6.57. The number of nitrogens with zero attached hydrogens (tertiary/aromatic N) is 3. The topological polar surface area (TPSA) is 56.1 Å². The van der Waals surface area contributed by atoms with Crippen LogP contribution >= 0.6 is 0 Å². The monoisotopic (exact) mass is 251 g/mol. The van der Waals surface area contributed by atoms with Crippen LogP contribution in [-0.4, -0.2) is 59.9 Å². The summed E-state index contributed by atoms with van der Waals surface area (Å²) in [6.07, 6.45) is 5.39. The Morgan fingerprint density at radius 2 is 2.33 bits per heavy atom. The van der Waals surface area contributed by atoms with Gasteiger partial charge in [0.1, 0.15) is 0 Å². The molecule has 100 valence electrons. The lowest BCUT2D eigenvalue weighted by molar-refractivity contribution is -0.127. The number of hydrogen-bond donors (Lipinski definition) is 1. The first kappa shape index (κ1) is 13.1. The van der Waals surface area contributed by atoms with Gasteiger partial charge in [0.25, 0.3) is 0 Å². The van der Waals surface area contributed by atoms with Crippen molar-refractivity contribution in [3.05, 3.63) is 11.6 Å². The van der Waals surface area contributed by atoms with Crippen LogP contribution in [0.2, 0.25) is 0 Å². The van der Waals surface area contributed by atoms with E-state index in [1.807, 2.05) is 4.90 Å². The van der Waals surface area contributed by atoms with E-state index in [4.69, 9.17) is 5.21 Å². The van der Waals surface area contributed by atoms with Crippen LogP contribution in [0.4, 0.5) is 0 Å². The zero-order chi connectivity index (χ0) is 13.0. The third-order valence-electron chi connectivity index (χ3n) is 3.62. The quantitative estimate of drug-likeness (QED) is 0.462. The van der Waals surface area contributed by atoms with Crippen LogP contribution in [0.15, 0.2) is 16.8 Å². The fourth-order valence-corrected chi connectivity index (χ4v) is 2.56. The van der Waals surface area contributed by atoms with Crippen LogP contribution in [0.5, 0.6) is 0 Å². The summed E-state index contributed by atoms with van der Waals surface area (Å²) in [5.74, 6) is 0.224. The molecule has 0 saturated carbocycles. The Hall–Kier alpha value is -1.36. The fraction of sp³-hybridized carbons (Fsp3) is 0.692. The van der Waals surface area contributed by atoms with Crippen LogP contribution in [0.3, 0.4) is 0 Å². The molecular weight excluding hydrogens is 230 g/mol. The van der Waals surface area contributed by atoms with Crippen molar-refractivity contribution in [1.82, 2.24) is 9.80 Å².